The molecule has 1 fully saturated rings. The molecule has 5 nitrogen and oxygen atoms in total. The summed E-state index contributed by atoms with van der Waals surface area (Å²) in [5.41, 5.74) is 6.02. The van der Waals surface area contributed by atoms with Crippen molar-refractivity contribution in [2.45, 2.75) is 26.6 Å². The number of carbonyl (C=O) groups excluding carboxylic acids is 1. The van der Waals surface area contributed by atoms with Crippen LogP contribution in [0.2, 0.25) is 0 Å². The number of benzene rings is 3. The SMILES string of the molecule is CCOc1cccc(-c2ccc(CN3CCN(c4ccc(C(=O)NCC(F)(F)F)cc4)CC3)cc2C)c1. The third kappa shape index (κ3) is 7.26. The maximum atomic E-state index is 12.3. The lowest BCUT2D eigenvalue weighted by Crippen LogP contribution is -2.46. The Morgan fingerprint density at radius 1 is 0.973 bits per heavy atom. The number of ether oxygens (including phenoxy) is 1. The van der Waals surface area contributed by atoms with E-state index in [2.05, 4.69) is 47.1 Å². The molecule has 0 radical (unpaired) electrons. The molecule has 0 bridgehead atoms. The van der Waals surface area contributed by atoms with E-state index in [4.69, 9.17) is 4.74 Å². The molecular weight excluding hydrogens is 479 g/mol. The molecule has 1 heterocycles. The zero-order valence-electron chi connectivity index (χ0n) is 21.1. The predicted octanol–water partition coefficient (Wildman–Crippen LogP) is 5.68. The summed E-state index contributed by atoms with van der Waals surface area (Å²) in [6.07, 6.45) is -4.42. The number of alkyl halides is 3. The van der Waals surface area contributed by atoms with Crippen molar-refractivity contribution >= 4 is 11.6 Å². The van der Waals surface area contributed by atoms with Crippen LogP contribution in [0.25, 0.3) is 11.1 Å². The topological polar surface area (TPSA) is 44.8 Å². The summed E-state index contributed by atoms with van der Waals surface area (Å²) in [6, 6.07) is 21.5. The van der Waals surface area contributed by atoms with Crippen molar-refractivity contribution in [3.63, 3.8) is 0 Å². The average Bonchev–Trinajstić information content (AvgIpc) is 2.88. The number of piperazine rings is 1. The Balaban J connectivity index is 1.30. The van der Waals surface area contributed by atoms with Crippen molar-refractivity contribution in [1.29, 1.82) is 0 Å². The first-order chi connectivity index (χ1) is 17.7. The molecule has 196 valence electrons. The van der Waals surface area contributed by atoms with E-state index >= 15 is 0 Å². The second-order valence-electron chi connectivity index (χ2n) is 9.22. The summed E-state index contributed by atoms with van der Waals surface area (Å²) in [5, 5.41) is 1.90. The minimum atomic E-state index is -4.42. The quantitative estimate of drug-likeness (QED) is 0.423. The zero-order chi connectivity index (χ0) is 26.4. The summed E-state index contributed by atoms with van der Waals surface area (Å²) < 4.78 is 42.6. The molecule has 3 aromatic carbocycles. The van der Waals surface area contributed by atoms with Gasteiger partial charge >= 0.3 is 6.18 Å². The number of rotatable bonds is 8. The molecule has 1 N–H and O–H groups in total. The molecular formula is C29H32F3N3O2. The van der Waals surface area contributed by atoms with Gasteiger partial charge in [0.05, 0.1) is 6.61 Å². The normalized spacial score (nSPS) is 14.5. The molecule has 0 saturated carbocycles. The van der Waals surface area contributed by atoms with Crippen LogP contribution in [0.1, 0.15) is 28.4 Å². The molecule has 1 saturated heterocycles. The lowest BCUT2D eigenvalue weighted by atomic mass is 9.98. The molecule has 1 aliphatic heterocycles. The maximum absolute atomic E-state index is 12.3. The van der Waals surface area contributed by atoms with E-state index < -0.39 is 18.6 Å². The Morgan fingerprint density at radius 3 is 2.35 bits per heavy atom. The highest BCUT2D eigenvalue weighted by Gasteiger charge is 2.28. The van der Waals surface area contributed by atoms with Crippen molar-refractivity contribution in [1.82, 2.24) is 10.2 Å². The van der Waals surface area contributed by atoms with Crippen LogP contribution in [0, 0.1) is 6.92 Å². The van der Waals surface area contributed by atoms with E-state index in [1.807, 2.05) is 24.4 Å². The van der Waals surface area contributed by atoms with E-state index in [1.54, 1.807) is 24.3 Å². The van der Waals surface area contributed by atoms with E-state index in [0.717, 1.165) is 49.7 Å². The first kappa shape index (κ1) is 26.5. The number of nitrogens with zero attached hydrogens (tertiary/aromatic N) is 2. The van der Waals surface area contributed by atoms with Gasteiger partial charge in [0.15, 0.2) is 0 Å². The number of anilines is 1. The van der Waals surface area contributed by atoms with Gasteiger partial charge in [-0.05, 0) is 72.5 Å². The highest BCUT2D eigenvalue weighted by molar-refractivity contribution is 5.94. The van der Waals surface area contributed by atoms with Gasteiger partial charge in [-0.1, -0.05) is 30.3 Å². The Hall–Kier alpha value is -3.52. The van der Waals surface area contributed by atoms with E-state index in [0.29, 0.717) is 6.61 Å². The van der Waals surface area contributed by atoms with Crippen molar-refractivity contribution < 1.29 is 22.7 Å². The molecule has 4 rings (SSSR count). The Labute approximate surface area is 215 Å². The highest BCUT2D eigenvalue weighted by Crippen LogP contribution is 2.28. The predicted molar refractivity (Wildman–Crippen MR) is 140 cm³/mol. The molecule has 37 heavy (non-hydrogen) atoms. The molecule has 0 spiro atoms. The first-order valence-corrected chi connectivity index (χ1v) is 12.5. The lowest BCUT2D eigenvalue weighted by Gasteiger charge is -2.36. The molecule has 0 aromatic heterocycles. The van der Waals surface area contributed by atoms with Crippen molar-refractivity contribution in [3.8, 4) is 16.9 Å². The van der Waals surface area contributed by atoms with E-state index in [9.17, 15) is 18.0 Å². The number of hydrogen-bond donors (Lipinski definition) is 1. The number of amides is 1. The Morgan fingerprint density at radius 2 is 1.70 bits per heavy atom. The van der Waals surface area contributed by atoms with Gasteiger partial charge in [0.1, 0.15) is 12.3 Å². The fourth-order valence-corrected chi connectivity index (χ4v) is 4.60. The van der Waals surface area contributed by atoms with Crippen molar-refractivity contribution in [2.75, 3.05) is 44.2 Å². The van der Waals surface area contributed by atoms with E-state index in [-0.39, 0.29) is 5.56 Å². The molecule has 1 amide bonds. The summed E-state index contributed by atoms with van der Waals surface area (Å²) in [6.45, 7) is 7.75. The second kappa shape index (κ2) is 11.7. The highest BCUT2D eigenvalue weighted by atomic mass is 19.4. The first-order valence-electron chi connectivity index (χ1n) is 12.5. The van der Waals surface area contributed by atoms with Gasteiger partial charge in [0, 0.05) is 44.0 Å². The molecule has 0 aliphatic carbocycles. The molecule has 1 aliphatic rings. The van der Waals surface area contributed by atoms with Gasteiger partial charge in [-0.3, -0.25) is 9.69 Å². The smallest absolute Gasteiger partial charge is 0.405 e. The van der Waals surface area contributed by atoms with Crippen LogP contribution in [0.4, 0.5) is 18.9 Å². The minimum absolute atomic E-state index is 0.218. The second-order valence-corrected chi connectivity index (χ2v) is 9.22. The number of hydrogen-bond acceptors (Lipinski definition) is 4. The number of carbonyl (C=O) groups is 1. The average molecular weight is 512 g/mol. The van der Waals surface area contributed by atoms with Crippen LogP contribution in [0.3, 0.4) is 0 Å². The Kier molecular flexibility index (Phi) is 8.38. The summed E-state index contributed by atoms with van der Waals surface area (Å²) >= 11 is 0. The van der Waals surface area contributed by atoms with Crippen LogP contribution >= 0.6 is 0 Å². The maximum Gasteiger partial charge on any atom is 0.405 e. The van der Waals surface area contributed by atoms with Crippen LogP contribution in [0.15, 0.2) is 66.7 Å². The van der Waals surface area contributed by atoms with Gasteiger partial charge < -0.3 is 15.0 Å². The molecule has 0 unspecified atom stereocenters. The van der Waals surface area contributed by atoms with E-state index in [1.165, 1.54) is 16.7 Å². The lowest BCUT2D eigenvalue weighted by molar-refractivity contribution is -0.123. The zero-order valence-corrected chi connectivity index (χ0v) is 21.1. The van der Waals surface area contributed by atoms with Crippen LogP contribution < -0.4 is 15.0 Å². The van der Waals surface area contributed by atoms with Gasteiger partial charge in [-0.2, -0.15) is 13.2 Å². The third-order valence-corrected chi connectivity index (χ3v) is 6.47. The van der Waals surface area contributed by atoms with Gasteiger partial charge in [-0.25, -0.2) is 0 Å². The standard InChI is InChI=1S/C29H32F3N3O2/c1-3-37-26-6-4-5-24(18-26)27-12-7-22(17-21(27)2)19-34-13-15-35(16-14-34)25-10-8-23(9-11-25)28(36)33-20-29(30,31)32/h4-12,17-18H,3,13-16,19-20H2,1-2H3,(H,33,36). The monoisotopic (exact) mass is 511 g/mol. The summed E-state index contributed by atoms with van der Waals surface area (Å²) in [5.74, 6) is 0.151. The largest absolute Gasteiger partial charge is 0.494 e. The van der Waals surface area contributed by atoms with Crippen LogP contribution in [-0.2, 0) is 6.54 Å². The number of nitrogens with one attached hydrogen (secondary N) is 1. The molecule has 3 aromatic rings. The number of aryl methyl sites for hydroxylation is 1. The van der Waals surface area contributed by atoms with Gasteiger partial charge in [0.25, 0.3) is 5.91 Å². The molecule has 8 heteroatoms. The fourth-order valence-electron chi connectivity index (χ4n) is 4.60. The molecule has 0 atom stereocenters. The van der Waals surface area contributed by atoms with Crippen molar-refractivity contribution in [3.05, 3.63) is 83.4 Å². The third-order valence-electron chi connectivity index (χ3n) is 6.47. The Bertz CT molecular complexity index is 1200. The van der Waals surface area contributed by atoms with Crippen LogP contribution in [-0.4, -0.2) is 56.3 Å². The fraction of sp³-hybridized carbons (Fsp3) is 0.345. The minimum Gasteiger partial charge on any atom is -0.494 e. The van der Waals surface area contributed by atoms with Gasteiger partial charge in [0.2, 0.25) is 0 Å². The van der Waals surface area contributed by atoms with Crippen LogP contribution in [0.5, 0.6) is 5.75 Å². The summed E-state index contributed by atoms with van der Waals surface area (Å²) in [4.78, 5) is 16.6. The summed E-state index contributed by atoms with van der Waals surface area (Å²) in [7, 11) is 0. The van der Waals surface area contributed by atoms with Gasteiger partial charge in [-0.15, -0.1) is 0 Å². The van der Waals surface area contributed by atoms with Crippen molar-refractivity contribution in [2.24, 2.45) is 0 Å². The number of halogens is 3.